The lowest BCUT2D eigenvalue weighted by Crippen LogP contribution is -2.10. The standard InChI is InChI=1S/C20H15NO7S/c22-20(27-14-15-4-2-1-3-5-15)16-6-10-18(11-7-16)28-29(25,26)19-12-8-17(9-13-19)21(23)24/h1-13H,14H2. The van der Waals surface area contributed by atoms with Crippen LogP contribution in [0.15, 0.2) is 83.8 Å². The van der Waals surface area contributed by atoms with E-state index in [9.17, 15) is 23.3 Å². The summed E-state index contributed by atoms with van der Waals surface area (Å²) < 4.78 is 34.8. The Labute approximate surface area is 166 Å². The zero-order valence-electron chi connectivity index (χ0n) is 14.9. The van der Waals surface area contributed by atoms with Crippen LogP contribution in [0.3, 0.4) is 0 Å². The number of carbonyl (C=O) groups excluding carboxylic acids is 1. The summed E-state index contributed by atoms with van der Waals surface area (Å²) >= 11 is 0. The van der Waals surface area contributed by atoms with Gasteiger partial charge in [0.05, 0.1) is 10.5 Å². The van der Waals surface area contributed by atoms with Gasteiger partial charge in [0, 0.05) is 12.1 Å². The van der Waals surface area contributed by atoms with E-state index in [0.717, 1.165) is 29.8 Å². The van der Waals surface area contributed by atoms with Gasteiger partial charge in [-0.05, 0) is 42.0 Å². The van der Waals surface area contributed by atoms with Crippen molar-refractivity contribution in [2.45, 2.75) is 11.5 Å². The number of nitro benzene ring substituents is 1. The molecule has 0 saturated carbocycles. The first kappa shape index (κ1) is 20.0. The van der Waals surface area contributed by atoms with Gasteiger partial charge in [-0.1, -0.05) is 30.3 Å². The van der Waals surface area contributed by atoms with E-state index < -0.39 is 21.0 Å². The van der Waals surface area contributed by atoms with E-state index in [1.807, 2.05) is 30.3 Å². The SMILES string of the molecule is O=C(OCc1ccccc1)c1ccc(OS(=O)(=O)c2ccc([N+](=O)[O-])cc2)cc1. The molecule has 0 aliphatic rings. The van der Waals surface area contributed by atoms with Crippen LogP contribution in [0, 0.1) is 10.1 Å². The Kier molecular flexibility index (Phi) is 5.89. The van der Waals surface area contributed by atoms with Crippen molar-refractivity contribution in [2.24, 2.45) is 0 Å². The van der Waals surface area contributed by atoms with Crippen LogP contribution in [-0.4, -0.2) is 19.3 Å². The van der Waals surface area contributed by atoms with E-state index in [1.54, 1.807) is 0 Å². The van der Waals surface area contributed by atoms with Crippen LogP contribution in [0.25, 0.3) is 0 Å². The molecule has 0 aliphatic heterocycles. The van der Waals surface area contributed by atoms with Crippen LogP contribution in [0.2, 0.25) is 0 Å². The van der Waals surface area contributed by atoms with Crippen molar-refractivity contribution in [3.8, 4) is 5.75 Å². The number of benzene rings is 3. The van der Waals surface area contributed by atoms with Gasteiger partial charge in [0.25, 0.3) is 5.69 Å². The Bertz CT molecular complexity index is 1110. The molecule has 0 spiro atoms. The molecule has 0 N–H and O–H groups in total. The Morgan fingerprint density at radius 1 is 0.897 bits per heavy atom. The van der Waals surface area contributed by atoms with Gasteiger partial charge in [-0.3, -0.25) is 10.1 Å². The van der Waals surface area contributed by atoms with Crippen molar-refractivity contribution in [3.05, 3.63) is 100 Å². The average Bonchev–Trinajstić information content (AvgIpc) is 2.73. The number of non-ortho nitro benzene ring substituents is 1. The summed E-state index contributed by atoms with van der Waals surface area (Å²) in [6.07, 6.45) is 0. The highest BCUT2D eigenvalue weighted by atomic mass is 32.2. The molecule has 9 heteroatoms. The monoisotopic (exact) mass is 413 g/mol. The summed E-state index contributed by atoms with van der Waals surface area (Å²) in [6, 6.07) is 18.9. The zero-order chi connectivity index (χ0) is 20.9. The normalized spacial score (nSPS) is 10.9. The minimum absolute atomic E-state index is 0.0111. The molecule has 0 bridgehead atoms. The van der Waals surface area contributed by atoms with Gasteiger partial charge in [-0.2, -0.15) is 8.42 Å². The quantitative estimate of drug-likeness (QED) is 0.251. The minimum Gasteiger partial charge on any atom is -0.457 e. The molecule has 148 valence electrons. The van der Waals surface area contributed by atoms with Gasteiger partial charge in [0.1, 0.15) is 17.3 Å². The zero-order valence-corrected chi connectivity index (χ0v) is 15.7. The molecule has 3 aromatic carbocycles. The van der Waals surface area contributed by atoms with E-state index in [2.05, 4.69) is 0 Å². The van der Waals surface area contributed by atoms with Crippen LogP contribution in [-0.2, 0) is 21.5 Å². The molecule has 29 heavy (non-hydrogen) atoms. The van der Waals surface area contributed by atoms with Gasteiger partial charge in [0.15, 0.2) is 0 Å². The first-order valence-electron chi connectivity index (χ1n) is 8.35. The molecule has 0 fully saturated rings. The molecule has 0 heterocycles. The van der Waals surface area contributed by atoms with Crippen LogP contribution >= 0.6 is 0 Å². The number of hydrogen-bond donors (Lipinski definition) is 0. The van der Waals surface area contributed by atoms with E-state index in [-0.39, 0.29) is 28.5 Å². The predicted octanol–water partition coefficient (Wildman–Crippen LogP) is 3.72. The summed E-state index contributed by atoms with van der Waals surface area (Å²) in [7, 11) is -4.17. The van der Waals surface area contributed by atoms with E-state index in [0.29, 0.717) is 0 Å². The smallest absolute Gasteiger partial charge is 0.339 e. The van der Waals surface area contributed by atoms with Crippen molar-refractivity contribution in [3.63, 3.8) is 0 Å². The summed E-state index contributed by atoms with van der Waals surface area (Å²) in [5, 5.41) is 10.7. The van der Waals surface area contributed by atoms with Crippen molar-refractivity contribution in [1.82, 2.24) is 0 Å². The summed E-state index contributed by atoms with van der Waals surface area (Å²) in [6.45, 7) is 0.118. The maximum absolute atomic E-state index is 12.3. The second kappa shape index (κ2) is 8.53. The van der Waals surface area contributed by atoms with Crippen molar-refractivity contribution in [1.29, 1.82) is 0 Å². The summed E-state index contributed by atoms with van der Waals surface area (Å²) in [4.78, 5) is 21.9. The van der Waals surface area contributed by atoms with E-state index >= 15 is 0 Å². The second-order valence-electron chi connectivity index (χ2n) is 5.87. The molecule has 0 amide bonds. The number of hydrogen-bond acceptors (Lipinski definition) is 7. The fourth-order valence-electron chi connectivity index (χ4n) is 2.36. The maximum Gasteiger partial charge on any atom is 0.339 e. The first-order chi connectivity index (χ1) is 13.8. The summed E-state index contributed by atoms with van der Waals surface area (Å²) in [5.41, 5.74) is 0.846. The second-order valence-corrected chi connectivity index (χ2v) is 7.42. The van der Waals surface area contributed by atoms with Crippen LogP contribution in [0.1, 0.15) is 15.9 Å². The van der Waals surface area contributed by atoms with E-state index in [1.165, 1.54) is 24.3 Å². The molecule has 0 radical (unpaired) electrons. The largest absolute Gasteiger partial charge is 0.457 e. The van der Waals surface area contributed by atoms with Crippen molar-refractivity contribution < 1.29 is 27.1 Å². The van der Waals surface area contributed by atoms with Gasteiger partial charge in [-0.25, -0.2) is 4.79 Å². The fourth-order valence-corrected chi connectivity index (χ4v) is 3.29. The number of rotatable bonds is 7. The average molecular weight is 413 g/mol. The Morgan fingerprint density at radius 3 is 2.10 bits per heavy atom. The molecule has 0 atom stereocenters. The molecule has 0 aromatic heterocycles. The Morgan fingerprint density at radius 2 is 1.52 bits per heavy atom. The predicted molar refractivity (Wildman–Crippen MR) is 103 cm³/mol. The number of carbonyl (C=O) groups is 1. The third-order valence-electron chi connectivity index (χ3n) is 3.84. The van der Waals surface area contributed by atoms with Gasteiger partial charge < -0.3 is 8.92 Å². The van der Waals surface area contributed by atoms with Crippen LogP contribution < -0.4 is 4.18 Å². The lowest BCUT2D eigenvalue weighted by Gasteiger charge is -2.08. The lowest BCUT2D eigenvalue weighted by atomic mass is 10.2. The highest BCUT2D eigenvalue weighted by Crippen LogP contribution is 2.21. The number of ether oxygens (including phenoxy) is 1. The Hall–Kier alpha value is -3.72. The molecular formula is C20H15NO7S. The third kappa shape index (κ3) is 5.17. The highest BCUT2D eigenvalue weighted by molar-refractivity contribution is 7.87. The topological polar surface area (TPSA) is 113 Å². The maximum atomic E-state index is 12.3. The number of esters is 1. The van der Waals surface area contributed by atoms with Crippen molar-refractivity contribution in [2.75, 3.05) is 0 Å². The first-order valence-corrected chi connectivity index (χ1v) is 9.76. The van der Waals surface area contributed by atoms with Gasteiger partial charge in [-0.15, -0.1) is 0 Å². The van der Waals surface area contributed by atoms with Crippen molar-refractivity contribution >= 4 is 21.8 Å². The van der Waals surface area contributed by atoms with Gasteiger partial charge >= 0.3 is 16.1 Å². The number of nitro groups is 1. The highest BCUT2D eigenvalue weighted by Gasteiger charge is 2.18. The molecule has 0 aliphatic carbocycles. The molecule has 3 aromatic rings. The third-order valence-corrected chi connectivity index (χ3v) is 5.11. The van der Waals surface area contributed by atoms with Crippen LogP contribution in [0.4, 0.5) is 5.69 Å². The van der Waals surface area contributed by atoms with Crippen LogP contribution in [0.5, 0.6) is 5.75 Å². The van der Waals surface area contributed by atoms with Gasteiger partial charge in [0.2, 0.25) is 0 Å². The van der Waals surface area contributed by atoms with E-state index in [4.69, 9.17) is 8.92 Å². The summed E-state index contributed by atoms with van der Waals surface area (Å²) in [5.74, 6) is -0.568. The molecule has 8 nitrogen and oxygen atoms in total. The molecule has 3 rings (SSSR count). The fraction of sp³-hybridized carbons (Fsp3) is 0.0500. The molecule has 0 unspecified atom stereocenters. The number of nitrogens with zero attached hydrogens (tertiary/aromatic N) is 1. The lowest BCUT2D eigenvalue weighted by molar-refractivity contribution is -0.384. The molecule has 0 saturated heterocycles. The Balaban J connectivity index is 1.64. The minimum atomic E-state index is -4.17. The molecular weight excluding hydrogens is 398 g/mol.